The Kier molecular flexibility index (Phi) is 6.14. The van der Waals surface area contributed by atoms with Gasteiger partial charge in [-0.1, -0.05) is 34.9 Å². The molecule has 4 rings (SSSR count). The number of aryl methyl sites for hydroxylation is 2. The molecule has 0 bridgehead atoms. The molecule has 12 heteroatoms. The molecule has 2 heterocycles. The number of hydrogen-bond donors (Lipinski definition) is 1. The van der Waals surface area contributed by atoms with Crippen LogP contribution in [0.15, 0.2) is 41.2 Å². The predicted octanol–water partition coefficient (Wildman–Crippen LogP) is 5.86. The Morgan fingerprint density at radius 1 is 0.781 bits per heavy atom. The lowest BCUT2D eigenvalue weighted by molar-refractivity contribution is -0.145. The normalized spacial score (nSPS) is 12.0. The molecule has 0 unspecified atom stereocenters. The summed E-state index contributed by atoms with van der Waals surface area (Å²) in [5, 5.41) is 0.406. The fourth-order valence-corrected chi connectivity index (χ4v) is 2.95. The van der Waals surface area contributed by atoms with Gasteiger partial charge in [0.15, 0.2) is 0 Å². The molecule has 5 nitrogen and oxygen atoms in total. The van der Waals surface area contributed by atoms with Crippen LogP contribution in [0.25, 0.3) is 21.8 Å². The Hall–Kier alpha value is -3.21. The molecule has 2 aromatic heterocycles. The number of nitrogens with zero attached hydrogens (tertiary/aromatic N) is 3. The van der Waals surface area contributed by atoms with Crippen molar-refractivity contribution in [1.29, 1.82) is 0 Å². The molecule has 0 radical (unpaired) electrons. The van der Waals surface area contributed by atoms with E-state index in [0.717, 1.165) is 11.1 Å². The second kappa shape index (κ2) is 8.38. The molecule has 0 spiro atoms. The van der Waals surface area contributed by atoms with Crippen molar-refractivity contribution in [3.63, 3.8) is 0 Å². The van der Waals surface area contributed by atoms with Gasteiger partial charge in [-0.05, 0) is 38.1 Å². The van der Waals surface area contributed by atoms with Gasteiger partial charge in [-0.15, -0.1) is 0 Å². The van der Waals surface area contributed by atoms with Crippen LogP contribution in [0, 0.1) is 13.8 Å². The first kappa shape index (κ1) is 23.5. The van der Waals surface area contributed by atoms with Crippen LogP contribution in [0.1, 0.15) is 22.8 Å². The molecule has 168 valence electrons. The van der Waals surface area contributed by atoms with E-state index in [4.69, 9.17) is 11.6 Å². The van der Waals surface area contributed by atoms with Crippen LogP contribution in [-0.2, 0) is 12.4 Å². The average Bonchev–Trinajstić information content (AvgIpc) is 2.68. The molecule has 2 aromatic carbocycles. The van der Waals surface area contributed by atoms with Gasteiger partial charge in [-0.3, -0.25) is 4.79 Å². The first-order chi connectivity index (χ1) is 14.8. The van der Waals surface area contributed by atoms with E-state index in [1.54, 1.807) is 30.1 Å². The lowest BCUT2D eigenvalue weighted by Crippen LogP contribution is -2.19. The topological polar surface area (TPSA) is 71.5 Å². The van der Waals surface area contributed by atoms with Crippen molar-refractivity contribution in [3.05, 3.63) is 74.7 Å². The van der Waals surface area contributed by atoms with Gasteiger partial charge < -0.3 is 4.98 Å². The van der Waals surface area contributed by atoms with Gasteiger partial charge in [-0.2, -0.15) is 26.3 Å². The third-order valence-corrected chi connectivity index (χ3v) is 4.48. The maximum atomic E-state index is 12.4. The zero-order chi connectivity index (χ0) is 23.8. The van der Waals surface area contributed by atoms with Crippen molar-refractivity contribution in [3.8, 4) is 0 Å². The molecule has 0 saturated heterocycles. The van der Waals surface area contributed by atoms with E-state index in [1.165, 1.54) is 18.2 Å². The number of alkyl halides is 6. The van der Waals surface area contributed by atoms with Crippen molar-refractivity contribution >= 4 is 33.4 Å². The molecule has 4 aromatic rings. The molecular formula is C20H13ClF6N4O. The van der Waals surface area contributed by atoms with Crippen LogP contribution in [0.2, 0.25) is 5.15 Å². The highest BCUT2D eigenvalue weighted by Gasteiger charge is 2.35. The Morgan fingerprint density at radius 2 is 1.31 bits per heavy atom. The van der Waals surface area contributed by atoms with Gasteiger partial charge in [0.25, 0.3) is 5.56 Å². The predicted molar refractivity (Wildman–Crippen MR) is 106 cm³/mol. The van der Waals surface area contributed by atoms with E-state index >= 15 is 0 Å². The number of rotatable bonds is 0. The minimum Gasteiger partial charge on any atom is -0.302 e. The quantitative estimate of drug-likeness (QED) is 0.256. The highest BCUT2D eigenvalue weighted by Crippen LogP contribution is 2.30. The zero-order valence-electron chi connectivity index (χ0n) is 16.4. The van der Waals surface area contributed by atoms with Crippen LogP contribution < -0.4 is 5.56 Å². The highest BCUT2D eigenvalue weighted by atomic mass is 35.5. The standard InChI is InChI=1S/C10H6ClF3N2.C10H7F3N2O/c1-5-2-3-7-6(4-5)8(11)16-9(15-7)10(12,13)14;1-5-2-3-7-6(4-5)8(16)15-9(14-7)10(11,12)13/h2-4H,1H3;2-4H,1H3,(H,14,15,16). The number of H-pyrrole nitrogens is 1. The van der Waals surface area contributed by atoms with Crippen molar-refractivity contribution < 1.29 is 26.3 Å². The maximum Gasteiger partial charge on any atom is 0.451 e. The van der Waals surface area contributed by atoms with E-state index in [9.17, 15) is 31.1 Å². The minimum atomic E-state index is -4.64. The van der Waals surface area contributed by atoms with Gasteiger partial charge in [0.1, 0.15) is 5.15 Å². The third-order valence-electron chi connectivity index (χ3n) is 4.19. The molecule has 0 amide bonds. The maximum absolute atomic E-state index is 12.4. The molecule has 0 atom stereocenters. The largest absolute Gasteiger partial charge is 0.451 e. The number of fused-ring (bicyclic) bond motifs is 2. The fraction of sp³-hybridized carbons (Fsp3) is 0.200. The number of hydrogen-bond acceptors (Lipinski definition) is 4. The summed E-state index contributed by atoms with van der Waals surface area (Å²) < 4.78 is 74.2. The molecular weight excluding hydrogens is 462 g/mol. The zero-order valence-corrected chi connectivity index (χ0v) is 17.1. The summed E-state index contributed by atoms with van der Waals surface area (Å²) in [5.74, 6) is -2.48. The summed E-state index contributed by atoms with van der Waals surface area (Å²) in [4.78, 5) is 23.2. The molecule has 1 N–H and O–H groups in total. The first-order valence-corrected chi connectivity index (χ1v) is 9.22. The summed E-state index contributed by atoms with van der Waals surface area (Å²) in [6, 6.07) is 9.32. The second-order valence-electron chi connectivity index (χ2n) is 6.79. The van der Waals surface area contributed by atoms with Gasteiger partial charge in [0.2, 0.25) is 11.6 Å². The van der Waals surface area contributed by atoms with Crippen molar-refractivity contribution in [2.75, 3.05) is 0 Å². The van der Waals surface area contributed by atoms with E-state index in [0.29, 0.717) is 5.39 Å². The van der Waals surface area contributed by atoms with Gasteiger partial charge >= 0.3 is 12.4 Å². The monoisotopic (exact) mass is 474 g/mol. The van der Waals surface area contributed by atoms with Crippen LogP contribution in [-0.4, -0.2) is 19.9 Å². The summed E-state index contributed by atoms with van der Waals surface area (Å²) in [5.41, 5.74) is 1.14. The second-order valence-corrected chi connectivity index (χ2v) is 7.15. The summed E-state index contributed by atoms with van der Waals surface area (Å²) >= 11 is 5.69. The van der Waals surface area contributed by atoms with Gasteiger partial charge in [0.05, 0.1) is 16.4 Å². The molecule has 0 saturated carbocycles. The van der Waals surface area contributed by atoms with Crippen LogP contribution >= 0.6 is 11.6 Å². The van der Waals surface area contributed by atoms with E-state index in [-0.39, 0.29) is 21.6 Å². The SMILES string of the molecule is Cc1ccc2nc(C(F)(F)F)[nH]c(=O)c2c1.Cc1ccc2nc(C(F)(F)F)nc(Cl)c2c1. The third kappa shape index (κ3) is 5.16. The Bertz CT molecular complexity index is 1360. The molecule has 32 heavy (non-hydrogen) atoms. The molecule has 0 aliphatic carbocycles. The molecule has 0 fully saturated rings. The van der Waals surface area contributed by atoms with Gasteiger partial charge in [0, 0.05) is 5.39 Å². The minimum absolute atomic E-state index is 0.0432. The van der Waals surface area contributed by atoms with Crippen molar-refractivity contribution in [2.45, 2.75) is 26.2 Å². The van der Waals surface area contributed by atoms with Crippen molar-refractivity contribution in [2.24, 2.45) is 0 Å². The highest BCUT2D eigenvalue weighted by molar-refractivity contribution is 6.34. The first-order valence-electron chi connectivity index (χ1n) is 8.84. The van der Waals surface area contributed by atoms with Crippen molar-refractivity contribution in [1.82, 2.24) is 19.9 Å². The Morgan fingerprint density at radius 3 is 1.84 bits per heavy atom. The summed E-state index contributed by atoms with van der Waals surface area (Å²) in [7, 11) is 0. The number of aromatic nitrogens is 4. The number of nitrogens with one attached hydrogen (secondary N) is 1. The summed E-state index contributed by atoms with van der Waals surface area (Å²) in [6.07, 6.45) is -9.22. The van der Waals surface area contributed by atoms with E-state index in [1.807, 2.05) is 6.92 Å². The lowest BCUT2D eigenvalue weighted by Gasteiger charge is -2.07. The molecule has 0 aliphatic rings. The Balaban J connectivity index is 0.000000181. The fourth-order valence-electron chi connectivity index (χ4n) is 2.72. The number of benzene rings is 2. The van der Waals surface area contributed by atoms with Gasteiger partial charge in [-0.25, -0.2) is 15.0 Å². The average molecular weight is 475 g/mol. The van der Waals surface area contributed by atoms with Crippen LogP contribution in [0.4, 0.5) is 26.3 Å². The van der Waals surface area contributed by atoms with Crippen LogP contribution in [0.5, 0.6) is 0 Å². The van der Waals surface area contributed by atoms with E-state index in [2.05, 4.69) is 15.0 Å². The lowest BCUT2D eigenvalue weighted by atomic mass is 10.2. The molecule has 0 aliphatic heterocycles. The smallest absolute Gasteiger partial charge is 0.302 e. The Labute approximate surface area is 181 Å². The number of aromatic amines is 1. The van der Waals surface area contributed by atoms with E-state index < -0.39 is 29.6 Å². The number of halogens is 7. The summed E-state index contributed by atoms with van der Waals surface area (Å²) in [6.45, 7) is 3.56. The van der Waals surface area contributed by atoms with Crippen LogP contribution in [0.3, 0.4) is 0 Å².